The lowest BCUT2D eigenvalue weighted by atomic mass is 9.94. The third-order valence-electron chi connectivity index (χ3n) is 4.17. The Balaban J connectivity index is 2.68. The van der Waals surface area contributed by atoms with Crippen LogP contribution in [0.2, 0.25) is 0 Å². The van der Waals surface area contributed by atoms with E-state index in [0.29, 0.717) is 39.7 Å². The van der Waals surface area contributed by atoms with E-state index in [4.69, 9.17) is 24.1 Å². The molecule has 0 heterocycles. The zero-order valence-electron chi connectivity index (χ0n) is 15.3. The fourth-order valence-electron chi connectivity index (χ4n) is 2.91. The number of aliphatic hydroxyl groups excluding tert-OH is 1. The van der Waals surface area contributed by atoms with Crippen LogP contribution in [0.1, 0.15) is 33.2 Å². The summed E-state index contributed by atoms with van der Waals surface area (Å²) in [6.07, 6.45) is -1.08. The van der Waals surface area contributed by atoms with Crippen molar-refractivity contribution in [3.8, 4) is 23.0 Å². The summed E-state index contributed by atoms with van der Waals surface area (Å²) in [5.41, 5.74) is 1.71. The van der Waals surface area contributed by atoms with Gasteiger partial charge in [-0.15, -0.1) is 0 Å². The van der Waals surface area contributed by atoms with Crippen LogP contribution in [0.5, 0.6) is 23.0 Å². The van der Waals surface area contributed by atoms with Crippen molar-refractivity contribution in [2.75, 3.05) is 28.4 Å². The number of ether oxygens (including phenoxy) is 4. The number of aromatic carboxylic acids is 1. The summed E-state index contributed by atoms with van der Waals surface area (Å²) in [6.45, 7) is 1.77. The number of hydrogen-bond donors (Lipinski definition) is 2. The third-order valence-corrected chi connectivity index (χ3v) is 4.17. The van der Waals surface area contributed by atoms with Gasteiger partial charge in [0, 0.05) is 11.1 Å². The first-order valence-electron chi connectivity index (χ1n) is 7.78. The Morgan fingerprint density at radius 1 is 0.846 bits per heavy atom. The van der Waals surface area contributed by atoms with E-state index in [0.717, 1.165) is 0 Å². The highest BCUT2D eigenvalue weighted by molar-refractivity contribution is 5.87. The van der Waals surface area contributed by atoms with Crippen LogP contribution in [-0.4, -0.2) is 44.6 Å². The molecule has 0 fully saturated rings. The van der Waals surface area contributed by atoms with E-state index in [2.05, 4.69) is 0 Å². The molecule has 0 spiro atoms. The molecule has 0 radical (unpaired) electrons. The number of methoxy groups -OCH3 is 4. The minimum absolute atomic E-state index is 0.134. The van der Waals surface area contributed by atoms with Crippen molar-refractivity contribution in [3.63, 3.8) is 0 Å². The molecule has 2 aromatic carbocycles. The molecule has 140 valence electrons. The first kappa shape index (κ1) is 19.4. The van der Waals surface area contributed by atoms with Gasteiger partial charge in [-0.25, -0.2) is 4.79 Å². The van der Waals surface area contributed by atoms with Gasteiger partial charge in [0.15, 0.2) is 11.5 Å². The molecular weight excluding hydrogens is 340 g/mol. The Morgan fingerprint density at radius 3 is 1.73 bits per heavy atom. The minimum Gasteiger partial charge on any atom is -0.492 e. The number of carboxylic acids is 1. The first-order valence-corrected chi connectivity index (χ1v) is 7.78. The predicted octanol–water partition coefficient (Wildman–Crippen LogP) is 2.81. The average molecular weight is 362 g/mol. The monoisotopic (exact) mass is 362 g/mol. The van der Waals surface area contributed by atoms with Crippen LogP contribution in [0.15, 0.2) is 24.3 Å². The fraction of sp³-hybridized carbons (Fsp3) is 0.316. The lowest BCUT2D eigenvalue weighted by Gasteiger charge is -2.24. The Labute approximate surface area is 151 Å². The quantitative estimate of drug-likeness (QED) is 0.782. The summed E-state index contributed by atoms with van der Waals surface area (Å²) in [6, 6.07) is 5.97. The van der Waals surface area contributed by atoms with Crippen LogP contribution >= 0.6 is 0 Å². The molecule has 0 aliphatic heterocycles. The fourth-order valence-corrected chi connectivity index (χ4v) is 2.91. The summed E-state index contributed by atoms with van der Waals surface area (Å²) in [5.74, 6) is 0.363. The van der Waals surface area contributed by atoms with Crippen LogP contribution in [0.25, 0.3) is 0 Å². The van der Waals surface area contributed by atoms with Crippen molar-refractivity contribution in [2.45, 2.75) is 13.0 Å². The van der Waals surface area contributed by atoms with E-state index in [1.807, 2.05) is 0 Å². The predicted molar refractivity (Wildman–Crippen MR) is 94.9 cm³/mol. The van der Waals surface area contributed by atoms with Crippen molar-refractivity contribution in [1.82, 2.24) is 0 Å². The van der Waals surface area contributed by atoms with Gasteiger partial charge in [0.05, 0.1) is 34.0 Å². The molecule has 0 saturated carbocycles. The first-order chi connectivity index (χ1) is 12.4. The summed E-state index contributed by atoms with van der Waals surface area (Å²) in [7, 11) is 5.91. The van der Waals surface area contributed by atoms with Gasteiger partial charge in [-0.05, 0) is 24.6 Å². The van der Waals surface area contributed by atoms with E-state index in [9.17, 15) is 9.90 Å². The molecule has 1 unspecified atom stereocenters. The maximum absolute atomic E-state index is 11.0. The maximum Gasteiger partial charge on any atom is 0.335 e. The number of benzene rings is 2. The van der Waals surface area contributed by atoms with Gasteiger partial charge in [0.2, 0.25) is 11.5 Å². The summed E-state index contributed by atoms with van der Waals surface area (Å²) in [4.78, 5) is 11.0. The van der Waals surface area contributed by atoms with Crippen LogP contribution < -0.4 is 18.9 Å². The molecule has 2 rings (SSSR count). The molecule has 0 amide bonds. The zero-order chi connectivity index (χ0) is 19.4. The van der Waals surface area contributed by atoms with Crippen molar-refractivity contribution in [2.24, 2.45) is 0 Å². The highest BCUT2D eigenvalue weighted by atomic mass is 16.5. The van der Waals surface area contributed by atoms with Gasteiger partial charge in [-0.1, -0.05) is 12.1 Å². The van der Waals surface area contributed by atoms with E-state index in [1.54, 1.807) is 19.1 Å². The van der Waals surface area contributed by atoms with Crippen molar-refractivity contribution < 1.29 is 34.0 Å². The maximum atomic E-state index is 11.0. The van der Waals surface area contributed by atoms with E-state index >= 15 is 0 Å². The number of hydrogen-bond acceptors (Lipinski definition) is 6. The van der Waals surface area contributed by atoms with Crippen LogP contribution in [-0.2, 0) is 0 Å². The van der Waals surface area contributed by atoms with Crippen LogP contribution in [0.4, 0.5) is 0 Å². The highest BCUT2D eigenvalue weighted by Gasteiger charge is 2.29. The molecule has 7 heteroatoms. The second-order valence-electron chi connectivity index (χ2n) is 5.50. The molecule has 2 aromatic rings. The van der Waals surface area contributed by atoms with E-state index in [1.165, 1.54) is 40.6 Å². The van der Waals surface area contributed by atoms with Crippen molar-refractivity contribution in [1.29, 1.82) is 0 Å². The zero-order valence-corrected chi connectivity index (χ0v) is 15.3. The number of aliphatic hydroxyl groups is 1. The molecule has 0 saturated heterocycles. The Bertz CT molecular complexity index is 797. The van der Waals surface area contributed by atoms with Crippen LogP contribution in [0.3, 0.4) is 0 Å². The van der Waals surface area contributed by atoms with Gasteiger partial charge < -0.3 is 29.2 Å². The summed E-state index contributed by atoms with van der Waals surface area (Å²) >= 11 is 0. The second-order valence-corrected chi connectivity index (χ2v) is 5.50. The molecular formula is C19H22O7. The van der Waals surface area contributed by atoms with Gasteiger partial charge >= 0.3 is 5.97 Å². The van der Waals surface area contributed by atoms with Crippen molar-refractivity contribution >= 4 is 5.97 Å². The molecule has 0 aliphatic carbocycles. The van der Waals surface area contributed by atoms with E-state index in [-0.39, 0.29) is 5.56 Å². The lowest BCUT2D eigenvalue weighted by Crippen LogP contribution is -2.09. The Morgan fingerprint density at radius 2 is 1.31 bits per heavy atom. The molecule has 2 N–H and O–H groups in total. The molecule has 7 nitrogen and oxygen atoms in total. The second kappa shape index (κ2) is 7.97. The molecule has 0 aliphatic rings. The van der Waals surface area contributed by atoms with E-state index < -0.39 is 12.1 Å². The summed E-state index contributed by atoms with van der Waals surface area (Å²) < 4.78 is 21.7. The van der Waals surface area contributed by atoms with Gasteiger partial charge in [-0.3, -0.25) is 0 Å². The number of carboxylic acid groups (broad SMARTS) is 1. The van der Waals surface area contributed by atoms with Gasteiger partial charge in [-0.2, -0.15) is 0 Å². The summed E-state index contributed by atoms with van der Waals surface area (Å²) in [5, 5.41) is 20.0. The smallest absolute Gasteiger partial charge is 0.335 e. The molecule has 26 heavy (non-hydrogen) atoms. The van der Waals surface area contributed by atoms with Crippen molar-refractivity contribution in [3.05, 3.63) is 46.5 Å². The molecule has 1 atom stereocenters. The van der Waals surface area contributed by atoms with Gasteiger partial charge in [0.1, 0.15) is 6.10 Å². The Kier molecular flexibility index (Phi) is 5.94. The minimum atomic E-state index is -1.08. The molecule has 0 aromatic heterocycles. The van der Waals surface area contributed by atoms with Crippen LogP contribution in [0, 0.1) is 6.92 Å². The topological polar surface area (TPSA) is 94.5 Å². The lowest BCUT2D eigenvalue weighted by molar-refractivity contribution is 0.0696. The Hall–Kier alpha value is -2.93. The largest absolute Gasteiger partial charge is 0.492 e. The highest BCUT2D eigenvalue weighted by Crippen LogP contribution is 2.51. The van der Waals surface area contributed by atoms with Gasteiger partial charge in [0.25, 0.3) is 0 Å². The molecule has 0 bridgehead atoms. The SMILES string of the molecule is COc1c(C)c(C(O)c2ccc(C(=O)O)cc2)c(OC)c(OC)c1OC. The third kappa shape index (κ3) is 3.25. The number of carbonyl (C=O) groups is 1. The average Bonchev–Trinajstić information content (AvgIpc) is 2.66. The standard InChI is InChI=1S/C19H22O7/c1-10-13(14(20)11-6-8-12(9-7-11)19(21)22)16(24-3)18(26-5)17(25-4)15(10)23-2/h6-9,14,20H,1-5H3,(H,21,22). The number of rotatable bonds is 7. The normalized spacial score (nSPS) is 11.6.